The fourth-order valence-electron chi connectivity index (χ4n) is 9.93. The Balaban J connectivity index is 1.80. The van der Waals surface area contributed by atoms with Crippen LogP contribution in [0.3, 0.4) is 0 Å². The van der Waals surface area contributed by atoms with E-state index in [1.807, 2.05) is 0 Å². The first-order valence-electron chi connectivity index (χ1n) is 28.7. The van der Waals surface area contributed by atoms with Crippen molar-refractivity contribution in [3.63, 3.8) is 0 Å². The molecule has 70 heavy (non-hydrogen) atoms. The Morgan fingerprint density at radius 1 is 0.471 bits per heavy atom. The third kappa shape index (κ3) is 28.9. The standard InChI is InChI=1S/C55H101N7O8/c1-3-5-7-9-11-13-15-17-19-21-23-25-27-36-49(63)61-43-31-34-47(61)54(69)57-40-30-29-33-46(53(68)59-42-41-58-52(67)45(56)38-39-51(65)66)60-55(70)48-35-32-44-62(48)50(64)37-28-26-24-22-20-18-16-14-12-10-8-6-4-2/h45-48H,3-44,56H2,1-2H3,(H,57,69)(H,58,67)(H,59,68)(H,60,70)(H,65,66). The zero-order chi connectivity index (χ0) is 51.0. The van der Waals surface area contributed by atoms with Gasteiger partial charge in [-0.25, -0.2) is 0 Å². The maximum atomic E-state index is 13.8. The SMILES string of the molecule is CCCCCCCCCCCCCCCC(=O)N1CCCC1C(=O)NCCCCC(NC(=O)C1CCCN1C(=O)CCCCCCCCCCCCCCC)C(=O)NCCNC(=O)C(N)CCC(=O)O. The Hall–Kier alpha value is -3.75. The number of nitrogens with zero attached hydrogens (tertiary/aromatic N) is 2. The lowest BCUT2D eigenvalue weighted by Gasteiger charge is -2.27. The molecule has 7 N–H and O–H groups in total. The molecule has 4 atom stereocenters. The van der Waals surface area contributed by atoms with Crippen LogP contribution in [0.2, 0.25) is 0 Å². The van der Waals surface area contributed by atoms with Crippen molar-refractivity contribution in [3.8, 4) is 0 Å². The van der Waals surface area contributed by atoms with Gasteiger partial charge in [-0.05, 0) is 64.2 Å². The maximum absolute atomic E-state index is 13.8. The monoisotopic (exact) mass is 988 g/mol. The number of carboxylic acids is 1. The Morgan fingerprint density at radius 3 is 1.30 bits per heavy atom. The van der Waals surface area contributed by atoms with Crippen LogP contribution < -0.4 is 27.0 Å². The van der Waals surface area contributed by atoms with Gasteiger partial charge < -0.3 is 41.9 Å². The molecule has 0 aromatic heterocycles. The molecule has 15 nitrogen and oxygen atoms in total. The molecule has 0 aromatic rings. The van der Waals surface area contributed by atoms with Crippen molar-refractivity contribution >= 4 is 41.4 Å². The van der Waals surface area contributed by atoms with E-state index in [4.69, 9.17) is 10.8 Å². The highest BCUT2D eigenvalue weighted by Crippen LogP contribution is 2.22. The number of likely N-dealkylation sites (tertiary alicyclic amines) is 2. The molecule has 2 aliphatic rings. The summed E-state index contributed by atoms with van der Waals surface area (Å²) in [5.74, 6) is -2.51. The molecule has 0 saturated carbocycles. The first-order chi connectivity index (χ1) is 34.0. The Bertz CT molecular complexity index is 1470. The minimum atomic E-state index is -1.05. The minimum absolute atomic E-state index is 0.0151. The van der Waals surface area contributed by atoms with E-state index in [0.717, 1.165) is 44.9 Å². The zero-order valence-electron chi connectivity index (χ0n) is 44.3. The van der Waals surface area contributed by atoms with Gasteiger partial charge in [0.15, 0.2) is 0 Å². The molecule has 2 heterocycles. The number of unbranched alkanes of at least 4 members (excludes halogenated alkanes) is 25. The fourth-order valence-corrected chi connectivity index (χ4v) is 9.93. The van der Waals surface area contributed by atoms with Crippen LogP contribution in [0.1, 0.15) is 251 Å². The quantitative estimate of drug-likeness (QED) is 0.0320. The van der Waals surface area contributed by atoms with Crippen LogP contribution in [0.5, 0.6) is 0 Å². The predicted octanol–water partition coefficient (Wildman–Crippen LogP) is 9.13. The molecule has 0 aliphatic carbocycles. The van der Waals surface area contributed by atoms with E-state index in [0.29, 0.717) is 64.6 Å². The van der Waals surface area contributed by atoms with E-state index in [1.54, 1.807) is 9.80 Å². The van der Waals surface area contributed by atoms with Crippen molar-refractivity contribution in [2.24, 2.45) is 5.73 Å². The molecule has 6 amide bonds. The highest BCUT2D eigenvalue weighted by Gasteiger charge is 2.36. The number of carbonyl (C=O) groups excluding carboxylic acids is 6. The summed E-state index contributed by atoms with van der Waals surface area (Å²) in [6, 6.07) is -3.03. The van der Waals surface area contributed by atoms with E-state index in [-0.39, 0.29) is 56.0 Å². The molecule has 404 valence electrons. The number of amides is 6. The Kier molecular flexibility index (Phi) is 36.4. The lowest BCUT2D eigenvalue weighted by atomic mass is 10.0. The van der Waals surface area contributed by atoms with Gasteiger partial charge in [-0.15, -0.1) is 0 Å². The third-order valence-corrected chi connectivity index (χ3v) is 14.3. The Morgan fingerprint density at radius 2 is 0.871 bits per heavy atom. The maximum Gasteiger partial charge on any atom is 0.303 e. The van der Waals surface area contributed by atoms with Crippen LogP contribution in [0.15, 0.2) is 0 Å². The van der Waals surface area contributed by atoms with Gasteiger partial charge >= 0.3 is 5.97 Å². The van der Waals surface area contributed by atoms with Crippen LogP contribution in [0, 0.1) is 0 Å². The second-order valence-electron chi connectivity index (χ2n) is 20.4. The van der Waals surface area contributed by atoms with Crippen molar-refractivity contribution in [2.75, 3.05) is 32.7 Å². The largest absolute Gasteiger partial charge is 0.481 e. The van der Waals surface area contributed by atoms with Gasteiger partial charge in [0.25, 0.3) is 0 Å². The van der Waals surface area contributed by atoms with Crippen LogP contribution in [-0.2, 0) is 33.6 Å². The predicted molar refractivity (Wildman–Crippen MR) is 280 cm³/mol. The van der Waals surface area contributed by atoms with E-state index < -0.39 is 42.0 Å². The smallest absolute Gasteiger partial charge is 0.303 e. The molecule has 2 rings (SSSR count). The molecular formula is C55H101N7O8. The number of carboxylic acid groups (broad SMARTS) is 1. The first-order valence-corrected chi connectivity index (χ1v) is 28.7. The lowest BCUT2D eigenvalue weighted by molar-refractivity contribution is -0.139. The van der Waals surface area contributed by atoms with Gasteiger partial charge in [-0.1, -0.05) is 168 Å². The highest BCUT2D eigenvalue weighted by molar-refractivity contribution is 5.92. The summed E-state index contributed by atoms with van der Waals surface area (Å²) in [4.78, 5) is 93.8. The van der Waals surface area contributed by atoms with Crippen molar-refractivity contribution in [3.05, 3.63) is 0 Å². The third-order valence-electron chi connectivity index (χ3n) is 14.3. The van der Waals surface area contributed by atoms with Crippen LogP contribution >= 0.6 is 0 Å². The molecular weight excluding hydrogens is 887 g/mol. The number of nitrogens with one attached hydrogen (secondary N) is 4. The van der Waals surface area contributed by atoms with Gasteiger partial charge in [-0.3, -0.25) is 33.6 Å². The molecule has 15 heteroatoms. The lowest BCUT2D eigenvalue weighted by Crippen LogP contribution is -2.53. The summed E-state index contributed by atoms with van der Waals surface area (Å²) in [6.45, 7) is 6.07. The van der Waals surface area contributed by atoms with Crippen molar-refractivity contribution < 1.29 is 38.7 Å². The second kappa shape index (κ2) is 40.8. The summed E-state index contributed by atoms with van der Waals surface area (Å²) in [7, 11) is 0. The average Bonchev–Trinajstić information content (AvgIpc) is 4.06. The van der Waals surface area contributed by atoms with Crippen LogP contribution in [0.25, 0.3) is 0 Å². The number of nitrogens with two attached hydrogens (primary N) is 1. The van der Waals surface area contributed by atoms with Gasteiger partial charge in [0.2, 0.25) is 35.4 Å². The number of rotatable bonds is 44. The van der Waals surface area contributed by atoms with Gasteiger partial charge in [0.1, 0.15) is 18.1 Å². The molecule has 0 bridgehead atoms. The summed E-state index contributed by atoms with van der Waals surface area (Å²) in [5.41, 5.74) is 5.81. The normalized spacial score (nSPS) is 16.5. The average molecular weight is 988 g/mol. The molecule has 2 fully saturated rings. The molecule has 4 unspecified atom stereocenters. The van der Waals surface area contributed by atoms with E-state index in [1.165, 1.54) is 128 Å². The van der Waals surface area contributed by atoms with E-state index in [2.05, 4.69) is 35.1 Å². The van der Waals surface area contributed by atoms with Gasteiger partial charge in [0, 0.05) is 52.0 Å². The van der Waals surface area contributed by atoms with E-state index in [9.17, 15) is 33.6 Å². The first kappa shape index (κ1) is 62.4. The fraction of sp³-hybridized carbons (Fsp3) is 0.873. The van der Waals surface area contributed by atoms with Crippen LogP contribution in [0.4, 0.5) is 0 Å². The van der Waals surface area contributed by atoms with E-state index >= 15 is 0 Å². The van der Waals surface area contributed by atoms with Crippen molar-refractivity contribution in [1.29, 1.82) is 0 Å². The molecule has 2 aliphatic heterocycles. The number of hydrogen-bond donors (Lipinski definition) is 6. The zero-order valence-corrected chi connectivity index (χ0v) is 44.3. The summed E-state index contributed by atoms with van der Waals surface area (Å²) in [5, 5.41) is 20.2. The van der Waals surface area contributed by atoms with Crippen molar-refractivity contribution in [2.45, 2.75) is 276 Å². The Labute approximate surface area is 423 Å². The van der Waals surface area contributed by atoms with Gasteiger partial charge in [-0.2, -0.15) is 0 Å². The number of hydrogen-bond acceptors (Lipinski definition) is 8. The summed E-state index contributed by atoms with van der Waals surface area (Å²) in [6.07, 6.45) is 36.7. The summed E-state index contributed by atoms with van der Waals surface area (Å²) >= 11 is 0. The molecule has 0 spiro atoms. The highest BCUT2D eigenvalue weighted by atomic mass is 16.4. The minimum Gasteiger partial charge on any atom is -0.481 e. The van der Waals surface area contributed by atoms with Crippen molar-refractivity contribution in [1.82, 2.24) is 31.1 Å². The molecule has 2 saturated heterocycles. The molecule has 0 aromatic carbocycles. The second-order valence-corrected chi connectivity index (χ2v) is 20.4. The number of aliphatic carboxylic acids is 1. The number of carbonyl (C=O) groups is 7. The van der Waals surface area contributed by atoms with Gasteiger partial charge in [0.05, 0.1) is 6.04 Å². The topological polar surface area (TPSA) is 220 Å². The summed E-state index contributed by atoms with van der Waals surface area (Å²) < 4.78 is 0. The molecule has 0 radical (unpaired) electrons. The van der Waals surface area contributed by atoms with Crippen LogP contribution in [-0.4, -0.2) is 113 Å².